The van der Waals surface area contributed by atoms with E-state index >= 15 is 0 Å². The van der Waals surface area contributed by atoms with Gasteiger partial charge in [-0.05, 0) is 39.6 Å². The van der Waals surface area contributed by atoms with Crippen LogP contribution in [0.3, 0.4) is 0 Å². The largest absolute Gasteiger partial charge is 0.462 e. The predicted molar refractivity (Wildman–Crippen MR) is 103 cm³/mol. The molecule has 1 aromatic heterocycles. The Morgan fingerprint density at radius 1 is 1.38 bits per heavy atom. The average molecular weight is 358 g/mol. The number of para-hydroxylation sites is 1. The molecule has 0 radical (unpaired) electrons. The molecule has 0 saturated carbocycles. The molecule has 1 aliphatic heterocycles. The smallest absolute Gasteiger partial charge is 0.343 e. The topological polar surface area (TPSA) is 54.8 Å². The zero-order valence-corrected chi connectivity index (χ0v) is 15.6. The van der Waals surface area contributed by atoms with E-state index in [1.807, 2.05) is 41.8 Å². The van der Waals surface area contributed by atoms with Crippen LogP contribution in [0.25, 0.3) is 10.9 Å². The van der Waals surface area contributed by atoms with Crippen LogP contribution in [0.4, 0.5) is 0 Å². The van der Waals surface area contributed by atoms with Gasteiger partial charge < -0.3 is 14.2 Å². The Morgan fingerprint density at radius 2 is 2.15 bits per heavy atom. The second-order valence-corrected chi connectivity index (χ2v) is 6.87. The first kappa shape index (κ1) is 17.2. The standard InChI is InChI=1S/C20H27N3O3/c1-4-26-20(25)17-14-23(18-8-6-5-7-16(18)19(17)24)15-9-10-22(13-15)12-11-21(2)3/h5-8,14-15H,4,9-13H2,1-3H3/i11D. The molecule has 2 aromatic rings. The number of benzene rings is 1. The summed E-state index contributed by atoms with van der Waals surface area (Å²) in [6.07, 6.45) is 2.57. The molecule has 0 spiro atoms. The molecule has 1 aromatic carbocycles. The second-order valence-electron chi connectivity index (χ2n) is 6.87. The van der Waals surface area contributed by atoms with Crippen LogP contribution in [0.15, 0.2) is 35.3 Å². The predicted octanol–water partition coefficient (Wildman–Crippen LogP) is 1.99. The molecule has 6 heteroatoms. The van der Waals surface area contributed by atoms with E-state index in [9.17, 15) is 9.59 Å². The summed E-state index contributed by atoms with van der Waals surface area (Å²) in [7, 11) is 3.82. The van der Waals surface area contributed by atoms with E-state index < -0.39 is 5.97 Å². The van der Waals surface area contributed by atoms with Crippen molar-refractivity contribution in [1.82, 2.24) is 14.4 Å². The van der Waals surface area contributed by atoms with Crippen LogP contribution in [0.1, 0.15) is 31.1 Å². The maximum atomic E-state index is 12.7. The molecule has 0 amide bonds. The number of ether oxygens (including phenoxy) is 1. The van der Waals surface area contributed by atoms with E-state index in [-0.39, 0.29) is 30.2 Å². The molecular formula is C20H27N3O3. The number of nitrogens with zero attached hydrogens (tertiary/aromatic N) is 3. The first-order chi connectivity index (χ1) is 12.9. The number of carbonyl (C=O) groups is 1. The lowest BCUT2D eigenvalue weighted by molar-refractivity contribution is 0.0524. The molecule has 0 bridgehead atoms. The highest BCUT2D eigenvalue weighted by Crippen LogP contribution is 2.25. The number of likely N-dealkylation sites (tertiary alicyclic amines) is 1. The Morgan fingerprint density at radius 3 is 2.88 bits per heavy atom. The summed E-state index contributed by atoms with van der Waals surface area (Å²) in [6, 6.07) is 7.54. The van der Waals surface area contributed by atoms with E-state index in [0.29, 0.717) is 11.9 Å². The summed E-state index contributed by atoms with van der Waals surface area (Å²) in [5.41, 5.74) is 0.632. The highest BCUT2D eigenvalue weighted by Gasteiger charge is 2.26. The number of esters is 1. The Balaban J connectivity index is 1.95. The van der Waals surface area contributed by atoms with E-state index in [2.05, 4.69) is 4.90 Å². The molecule has 1 fully saturated rings. The van der Waals surface area contributed by atoms with Gasteiger partial charge in [0.2, 0.25) is 5.43 Å². The van der Waals surface area contributed by atoms with Crippen molar-refractivity contribution in [3.8, 4) is 0 Å². The number of fused-ring (bicyclic) bond motifs is 1. The van der Waals surface area contributed by atoms with Gasteiger partial charge >= 0.3 is 5.97 Å². The fourth-order valence-electron chi connectivity index (χ4n) is 3.44. The SMILES string of the molecule is [2H]C(CN1CCC(n2cc(C(=O)OCC)c(=O)c3ccccc32)C1)N(C)C. The summed E-state index contributed by atoms with van der Waals surface area (Å²) in [4.78, 5) is 29.2. The van der Waals surface area contributed by atoms with Gasteiger partial charge in [-0.2, -0.15) is 0 Å². The van der Waals surface area contributed by atoms with Crippen LogP contribution in [-0.4, -0.2) is 67.2 Å². The third-order valence-electron chi connectivity index (χ3n) is 4.78. The maximum absolute atomic E-state index is 12.7. The van der Waals surface area contributed by atoms with Crippen molar-refractivity contribution in [1.29, 1.82) is 0 Å². The quantitative estimate of drug-likeness (QED) is 0.739. The third-order valence-corrected chi connectivity index (χ3v) is 4.78. The molecule has 2 heterocycles. The molecule has 6 nitrogen and oxygen atoms in total. The molecule has 1 aliphatic rings. The number of rotatable bonds is 6. The van der Waals surface area contributed by atoms with Crippen molar-refractivity contribution in [3.05, 3.63) is 46.2 Å². The molecule has 0 aliphatic carbocycles. The van der Waals surface area contributed by atoms with Crippen molar-refractivity contribution >= 4 is 16.9 Å². The van der Waals surface area contributed by atoms with Gasteiger partial charge in [0.05, 0.1) is 12.1 Å². The normalized spacial score (nSPS) is 19.7. The summed E-state index contributed by atoms with van der Waals surface area (Å²) in [5.74, 6) is -0.573. The van der Waals surface area contributed by atoms with E-state index in [0.717, 1.165) is 25.0 Å². The average Bonchev–Trinajstić information content (AvgIpc) is 3.10. The van der Waals surface area contributed by atoms with Crippen molar-refractivity contribution < 1.29 is 10.9 Å². The number of aromatic nitrogens is 1. The van der Waals surface area contributed by atoms with Crippen molar-refractivity contribution in [2.24, 2.45) is 0 Å². The van der Waals surface area contributed by atoms with Crippen LogP contribution in [0.5, 0.6) is 0 Å². The second kappa shape index (κ2) is 8.01. The zero-order valence-electron chi connectivity index (χ0n) is 16.6. The minimum atomic E-state index is -0.573. The lowest BCUT2D eigenvalue weighted by atomic mass is 10.1. The molecule has 3 rings (SSSR count). The van der Waals surface area contributed by atoms with E-state index in [1.54, 1.807) is 19.2 Å². The maximum Gasteiger partial charge on any atom is 0.343 e. The third kappa shape index (κ3) is 3.81. The van der Waals surface area contributed by atoms with Crippen molar-refractivity contribution in [2.75, 3.05) is 46.9 Å². The first-order valence-electron chi connectivity index (χ1n) is 9.62. The number of pyridine rings is 1. The molecule has 0 N–H and O–H groups in total. The van der Waals surface area contributed by atoms with Crippen molar-refractivity contribution in [2.45, 2.75) is 19.4 Å². The highest BCUT2D eigenvalue weighted by molar-refractivity contribution is 5.93. The fraction of sp³-hybridized carbons (Fsp3) is 0.500. The summed E-state index contributed by atoms with van der Waals surface area (Å²) in [5, 5.41) is 0.535. The van der Waals surface area contributed by atoms with Gasteiger partial charge in [-0.3, -0.25) is 9.69 Å². The van der Waals surface area contributed by atoms with E-state index in [1.165, 1.54) is 0 Å². The highest BCUT2D eigenvalue weighted by atomic mass is 16.5. The van der Waals surface area contributed by atoms with Crippen LogP contribution in [0, 0.1) is 0 Å². The van der Waals surface area contributed by atoms with Crippen LogP contribution < -0.4 is 5.43 Å². The van der Waals surface area contributed by atoms with Gasteiger partial charge in [0.15, 0.2) is 0 Å². The van der Waals surface area contributed by atoms with Gasteiger partial charge in [-0.15, -0.1) is 0 Å². The summed E-state index contributed by atoms with van der Waals surface area (Å²) in [6.45, 7) is 4.05. The molecule has 140 valence electrons. The monoisotopic (exact) mass is 358 g/mol. The Kier molecular flexibility index (Phi) is 5.32. The number of likely N-dealkylation sites (N-methyl/N-ethyl adjacent to an activating group) is 1. The minimum Gasteiger partial charge on any atom is -0.462 e. The van der Waals surface area contributed by atoms with Crippen LogP contribution in [-0.2, 0) is 4.74 Å². The fourth-order valence-corrected chi connectivity index (χ4v) is 3.44. The van der Waals surface area contributed by atoms with Crippen molar-refractivity contribution in [3.63, 3.8) is 0 Å². The lowest BCUT2D eigenvalue weighted by Crippen LogP contribution is -2.30. The van der Waals surface area contributed by atoms with Gasteiger partial charge in [-0.1, -0.05) is 12.1 Å². The Labute approximate surface area is 155 Å². The van der Waals surface area contributed by atoms with Gasteiger partial charge in [-0.25, -0.2) is 4.79 Å². The molecular weight excluding hydrogens is 330 g/mol. The zero-order chi connectivity index (χ0) is 19.6. The lowest BCUT2D eigenvalue weighted by Gasteiger charge is -2.21. The first-order valence-corrected chi connectivity index (χ1v) is 9.04. The number of hydrogen-bond donors (Lipinski definition) is 0. The van der Waals surface area contributed by atoms with Crippen LogP contribution >= 0.6 is 0 Å². The summed E-state index contributed by atoms with van der Waals surface area (Å²) >= 11 is 0. The molecule has 2 unspecified atom stereocenters. The van der Waals surface area contributed by atoms with Gasteiger partial charge in [0.25, 0.3) is 0 Å². The van der Waals surface area contributed by atoms with Gasteiger partial charge in [0, 0.05) is 45.2 Å². The van der Waals surface area contributed by atoms with Gasteiger partial charge in [0.1, 0.15) is 5.56 Å². The molecule has 2 atom stereocenters. The number of hydrogen-bond acceptors (Lipinski definition) is 5. The van der Waals surface area contributed by atoms with Crippen LogP contribution in [0.2, 0.25) is 0 Å². The Bertz CT molecular complexity index is 880. The summed E-state index contributed by atoms with van der Waals surface area (Å²) < 4.78 is 15.3. The molecule has 1 saturated heterocycles. The van der Waals surface area contributed by atoms with E-state index in [4.69, 9.17) is 6.11 Å². The Hall–Kier alpha value is -2.18. The minimum absolute atomic E-state index is 0.0839. The molecule has 26 heavy (non-hydrogen) atoms. The number of carbonyl (C=O) groups excluding carboxylic acids is 1.